The molecule has 0 unspecified atom stereocenters. The van der Waals surface area contributed by atoms with Crippen molar-refractivity contribution in [3.8, 4) is 5.75 Å². The maximum absolute atomic E-state index is 14.3. The molecular weight excluding hydrogens is 668 g/mol. The fourth-order valence-corrected chi connectivity index (χ4v) is 7.55. The highest BCUT2D eigenvalue weighted by Crippen LogP contribution is 2.54. The lowest BCUT2D eigenvalue weighted by Crippen LogP contribution is -2.65. The highest BCUT2D eigenvalue weighted by molar-refractivity contribution is 6.24. The number of phenolic OH excluding ortho intramolecular Hbond substituents is 1. The lowest BCUT2D eigenvalue weighted by Gasteiger charge is -2.50. The van der Waals surface area contributed by atoms with Crippen LogP contribution in [0.2, 0.25) is 0 Å². The second kappa shape index (κ2) is 12.9. The standard InChI is InChI=1S/C35H44N4O12/c1-15-21(51-33(47)50-15)13-49-32(46)39(14-34(2,3)4)12-17-11-20(37(5)6)18-9-16-10-19-25(38(7)8)28(42)24(31(36)45)30(44)35(19,48)29(43)22(16)27(41)23(18)26(17)40/h11,16,19,25,40-41,44,48H,9-10,12-14H2,1-8H3,(H2,36,45)/t16-,19-,25-,35-/m0/s1. The van der Waals surface area contributed by atoms with Crippen molar-refractivity contribution in [1.29, 1.82) is 0 Å². The first-order valence-electron chi connectivity index (χ1n) is 16.3. The summed E-state index contributed by atoms with van der Waals surface area (Å²) in [4.78, 5) is 69.4. The first-order chi connectivity index (χ1) is 23.6. The Bertz CT molecular complexity index is 1950. The number of aromatic hydroxyl groups is 1. The fraction of sp³-hybridized carbons (Fsp3) is 0.514. The molecule has 0 radical (unpaired) electrons. The van der Waals surface area contributed by atoms with Crippen LogP contribution in [-0.4, -0.2) is 100 Å². The summed E-state index contributed by atoms with van der Waals surface area (Å²) in [6.45, 7) is 6.70. The van der Waals surface area contributed by atoms with E-state index in [1.165, 1.54) is 30.8 Å². The van der Waals surface area contributed by atoms with E-state index in [9.17, 15) is 44.4 Å². The van der Waals surface area contributed by atoms with Gasteiger partial charge >= 0.3 is 11.9 Å². The van der Waals surface area contributed by atoms with Crippen molar-refractivity contribution in [3.05, 3.63) is 61.8 Å². The molecule has 2 amide bonds. The van der Waals surface area contributed by atoms with Gasteiger partial charge in [0.2, 0.25) is 5.78 Å². The van der Waals surface area contributed by atoms with Crippen LogP contribution in [0.3, 0.4) is 0 Å². The molecule has 5 rings (SSSR count). The van der Waals surface area contributed by atoms with E-state index in [4.69, 9.17) is 19.3 Å². The van der Waals surface area contributed by atoms with E-state index in [2.05, 4.69) is 0 Å². The number of aryl methyl sites for hydroxylation is 1. The molecule has 1 fully saturated rings. The number of rotatable bonds is 8. The normalized spacial score (nSPS) is 23.2. The van der Waals surface area contributed by atoms with Gasteiger partial charge in [-0.05, 0) is 56.8 Å². The maximum Gasteiger partial charge on any atom is 0.519 e. The maximum atomic E-state index is 14.3. The number of fused-ring (bicyclic) bond motifs is 3. The van der Waals surface area contributed by atoms with Gasteiger partial charge in [-0.3, -0.25) is 19.3 Å². The van der Waals surface area contributed by atoms with Gasteiger partial charge in [-0.2, -0.15) is 0 Å². The predicted octanol–water partition coefficient (Wildman–Crippen LogP) is 2.07. The highest BCUT2D eigenvalue weighted by Gasteiger charge is 2.64. The summed E-state index contributed by atoms with van der Waals surface area (Å²) in [5.41, 5.74) is 2.12. The summed E-state index contributed by atoms with van der Waals surface area (Å²) in [6, 6.07) is 0.462. The molecule has 2 aromatic rings. The van der Waals surface area contributed by atoms with E-state index < -0.39 is 87.7 Å². The van der Waals surface area contributed by atoms with Gasteiger partial charge in [0.05, 0.1) is 18.2 Å². The van der Waals surface area contributed by atoms with E-state index in [1.54, 1.807) is 25.1 Å². The molecule has 0 saturated heterocycles. The lowest BCUT2D eigenvalue weighted by atomic mass is 9.57. The van der Waals surface area contributed by atoms with Gasteiger partial charge in [0, 0.05) is 43.4 Å². The number of carbonyl (C=O) groups excluding carboxylic acids is 4. The minimum atomic E-state index is -2.78. The van der Waals surface area contributed by atoms with Crippen molar-refractivity contribution in [2.24, 2.45) is 23.0 Å². The number of aliphatic hydroxyl groups is 3. The topological polar surface area (TPSA) is 238 Å². The molecule has 276 valence electrons. The van der Waals surface area contributed by atoms with Crippen molar-refractivity contribution in [2.75, 3.05) is 39.6 Å². The van der Waals surface area contributed by atoms with Crippen LogP contribution in [0.25, 0.3) is 5.76 Å². The summed E-state index contributed by atoms with van der Waals surface area (Å²) >= 11 is 0. The zero-order valence-corrected chi connectivity index (χ0v) is 29.8. The van der Waals surface area contributed by atoms with Crippen molar-refractivity contribution >= 4 is 35.0 Å². The molecule has 3 aliphatic rings. The number of phenols is 1. The molecule has 0 bridgehead atoms. The second-order valence-corrected chi connectivity index (χ2v) is 15.0. The SMILES string of the molecule is Cc1oc(=O)oc1COC(=O)N(Cc1cc(N(C)C)c2c(c1O)C(O)=C1C(=O)[C@]3(O)C(O)=C(C(N)=O)C(=O)[C@@H](N(C)C)[C@@H]3C[C@@H]1C2)CC(C)(C)C. The molecule has 1 heterocycles. The summed E-state index contributed by atoms with van der Waals surface area (Å²) in [6.07, 6.45) is -0.758. The van der Waals surface area contributed by atoms with E-state index in [-0.39, 0.29) is 54.2 Å². The van der Waals surface area contributed by atoms with E-state index >= 15 is 0 Å². The van der Waals surface area contributed by atoms with Crippen LogP contribution >= 0.6 is 0 Å². The van der Waals surface area contributed by atoms with Gasteiger partial charge in [0.15, 0.2) is 29.5 Å². The van der Waals surface area contributed by atoms with Crippen LogP contribution in [-0.2, 0) is 38.7 Å². The molecule has 4 atom stereocenters. The van der Waals surface area contributed by atoms with Gasteiger partial charge < -0.3 is 49.5 Å². The minimum Gasteiger partial charge on any atom is -0.508 e. The summed E-state index contributed by atoms with van der Waals surface area (Å²) in [5, 5.41) is 46.7. The number of Topliss-reactive ketones (excluding diaryl/α,β-unsaturated/α-hetero) is 2. The molecule has 0 aliphatic heterocycles. The smallest absolute Gasteiger partial charge is 0.508 e. The largest absolute Gasteiger partial charge is 0.519 e. The average molecular weight is 713 g/mol. The minimum absolute atomic E-state index is 0.0331. The number of benzene rings is 1. The van der Waals surface area contributed by atoms with Crippen molar-refractivity contribution < 1.29 is 53.2 Å². The monoisotopic (exact) mass is 712 g/mol. The molecule has 6 N–H and O–H groups in total. The van der Waals surface area contributed by atoms with Crippen LogP contribution in [0.5, 0.6) is 5.75 Å². The van der Waals surface area contributed by atoms with Gasteiger partial charge in [0.1, 0.15) is 22.8 Å². The number of hydrogen-bond acceptors (Lipinski definition) is 14. The summed E-state index contributed by atoms with van der Waals surface area (Å²) in [5.74, 6) is -8.26. The summed E-state index contributed by atoms with van der Waals surface area (Å²) in [7, 11) is 6.56. The number of likely N-dealkylation sites (N-methyl/N-ethyl adjacent to an activating group) is 1. The zero-order valence-electron chi connectivity index (χ0n) is 29.8. The Labute approximate surface area is 293 Å². The number of amides is 2. The van der Waals surface area contributed by atoms with Gasteiger partial charge in [-0.1, -0.05) is 20.8 Å². The highest BCUT2D eigenvalue weighted by atomic mass is 16.6. The Morgan fingerprint density at radius 2 is 1.73 bits per heavy atom. The van der Waals surface area contributed by atoms with Crippen molar-refractivity contribution in [3.63, 3.8) is 0 Å². The number of hydrogen-bond donors (Lipinski definition) is 5. The van der Waals surface area contributed by atoms with Crippen molar-refractivity contribution in [2.45, 2.75) is 65.3 Å². The molecule has 1 saturated carbocycles. The number of aliphatic hydroxyl groups excluding tert-OH is 2. The third-order valence-electron chi connectivity index (χ3n) is 9.70. The quantitative estimate of drug-likeness (QED) is 0.247. The lowest BCUT2D eigenvalue weighted by molar-refractivity contribution is -0.153. The first kappa shape index (κ1) is 37.2. The number of primary amides is 1. The van der Waals surface area contributed by atoms with Crippen LogP contribution in [0.1, 0.15) is 55.4 Å². The Kier molecular flexibility index (Phi) is 9.41. The average Bonchev–Trinajstić information content (AvgIpc) is 3.33. The van der Waals surface area contributed by atoms with E-state index in [1.807, 2.05) is 20.8 Å². The molecule has 16 heteroatoms. The van der Waals surface area contributed by atoms with Crippen LogP contribution in [0.15, 0.2) is 36.6 Å². The van der Waals surface area contributed by atoms with Gasteiger partial charge in [-0.15, -0.1) is 0 Å². The third kappa shape index (κ3) is 6.26. The number of nitrogens with two attached hydrogens (primary N) is 1. The molecule has 1 aromatic heterocycles. The number of ketones is 2. The molecule has 1 aromatic carbocycles. The van der Waals surface area contributed by atoms with E-state index in [0.717, 1.165) is 0 Å². The number of anilines is 1. The van der Waals surface area contributed by atoms with Crippen molar-refractivity contribution in [1.82, 2.24) is 9.80 Å². The molecule has 0 spiro atoms. The van der Waals surface area contributed by atoms with Crippen LogP contribution in [0.4, 0.5) is 10.5 Å². The van der Waals surface area contributed by atoms with Gasteiger partial charge in [-0.25, -0.2) is 9.59 Å². The molecular formula is C35H44N4O12. The summed E-state index contributed by atoms with van der Waals surface area (Å²) < 4.78 is 15.2. The number of carbonyl (C=O) groups is 4. The Hall–Kier alpha value is -5.09. The number of ether oxygens (including phenoxy) is 1. The predicted molar refractivity (Wildman–Crippen MR) is 181 cm³/mol. The molecule has 16 nitrogen and oxygen atoms in total. The Balaban J connectivity index is 1.61. The van der Waals surface area contributed by atoms with Gasteiger partial charge in [0.25, 0.3) is 5.91 Å². The molecule has 51 heavy (non-hydrogen) atoms. The first-order valence-corrected chi connectivity index (χ1v) is 16.3. The van der Waals surface area contributed by atoms with E-state index in [0.29, 0.717) is 11.3 Å². The van der Waals surface area contributed by atoms with Crippen LogP contribution in [0, 0.1) is 24.2 Å². The third-order valence-corrected chi connectivity index (χ3v) is 9.70. The second-order valence-electron chi connectivity index (χ2n) is 15.0. The fourth-order valence-electron chi connectivity index (χ4n) is 7.55. The Morgan fingerprint density at radius 3 is 2.25 bits per heavy atom. The van der Waals surface area contributed by atoms with Crippen LogP contribution < -0.4 is 16.5 Å². The number of nitrogens with zero attached hydrogens (tertiary/aromatic N) is 3. The zero-order chi connectivity index (χ0) is 38.1. The molecule has 3 aliphatic carbocycles. The Morgan fingerprint density at radius 1 is 1.08 bits per heavy atom.